The van der Waals surface area contributed by atoms with Crippen molar-refractivity contribution in [3.8, 4) is 47.4 Å². The summed E-state index contributed by atoms with van der Waals surface area (Å²) in [7, 11) is 0. The number of nitrogens with one attached hydrogen (secondary N) is 10. The topological polar surface area (TPSA) is 379 Å². The van der Waals surface area contributed by atoms with Crippen molar-refractivity contribution in [2.75, 3.05) is 78.5 Å². The fourth-order valence-electron chi connectivity index (χ4n) is 23.3. The first kappa shape index (κ1) is 103. The summed E-state index contributed by atoms with van der Waals surface area (Å²) >= 11 is 0. The van der Waals surface area contributed by atoms with Gasteiger partial charge in [-0.2, -0.15) is 0 Å². The van der Waals surface area contributed by atoms with Crippen molar-refractivity contribution < 1.29 is 67.7 Å². The van der Waals surface area contributed by atoms with Crippen molar-refractivity contribution in [3.05, 3.63) is 285 Å². The summed E-state index contributed by atoms with van der Waals surface area (Å²) < 4.78 is 0. The minimum atomic E-state index is -1.27. The van der Waals surface area contributed by atoms with Crippen LogP contribution in [0.25, 0.3) is 0 Å². The molecule has 12 aliphatic rings. The Balaban J connectivity index is 0.000000133. The first-order chi connectivity index (χ1) is 70.9. The summed E-state index contributed by atoms with van der Waals surface area (Å²) in [5, 5.41) is 47.3. The number of carbonyl (C=O) groups excluding carboxylic acids is 12. The molecule has 28 nitrogen and oxygen atoms in total. The van der Waals surface area contributed by atoms with Crippen molar-refractivity contribution in [2.45, 2.75) is 212 Å². The molecule has 146 heavy (non-hydrogen) atoms. The van der Waals surface area contributed by atoms with Crippen LogP contribution in [-0.4, -0.2) is 214 Å². The Labute approximate surface area is 853 Å². The highest BCUT2D eigenvalue weighted by molar-refractivity contribution is 6.11. The van der Waals surface area contributed by atoms with Crippen LogP contribution in [0.15, 0.2) is 218 Å². The van der Waals surface area contributed by atoms with Gasteiger partial charge in [-0.15, -0.1) is 0 Å². The lowest BCUT2D eigenvalue weighted by Crippen LogP contribution is -2.59. The number of rotatable bonds is 16. The highest BCUT2D eigenvalue weighted by atomic mass is 16.3. The van der Waals surface area contributed by atoms with Crippen LogP contribution < -0.4 is 53.2 Å². The molecule has 12 fully saturated rings. The standard InChI is InChI=1S/2C30H33N3O4.2C29H32N4O3/c34-26-8-4-7-25(19-26)30(28(36)31-29(37)32-30)20-27(35)33-17-15-24(16-18-33)23-13-11-22(12-14-23)10-9-21-5-2-1-3-6-21;34-26-14-12-25(13-15-26)30(28(36)31-29(37)32-30)20-27(35)33-18-16-24(17-19-33)23-10-8-22(9-11-23)7-6-21-4-2-1-3-5-21;34-26(19-29(25-7-4-16-30-20-25)27(35)31-28(36)32-29)33-17-14-24(15-18-33)23-12-10-22(11-13-23)9-8-21-5-2-1-3-6-21;34-26(20-29(25-12-16-30-17-13-25)27(35)31-28(36)32-29)33-18-14-24(15-19-33)23-10-8-22(9-11-23)7-6-21-4-2-1-3-5-21/h1-3,5-6,11-14,24-26,34H,4,7-8,15-20H2,(H2,31,32,36,37);1-5,8-11,24-26,34H,12-20H2,(H2,31,32,36,37);1-3,5-6,10-13,24-25,30H,4,7,14-20H2,(H2,31,32,35,36);1-5,8-11,24-25,30H,12-20H2,(H2,31,32,35,36). The third-order valence-electron chi connectivity index (χ3n) is 31.8. The van der Waals surface area contributed by atoms with E-state index in [1.807, 2.05) is 153 Å². The molecule has 28 heteroatoms. The minimum absolute atomic E-state index is 0.0103. The van der Waals surface area contributed by atoms with E-state index in [1.165, 1.54) is 22.3 Å². The monoisotopic (exact) mass is 1970 g/mol. The number of hydrogen-bond donors (Lipinski definition) is 12. The van der Waals surface area contributed by atoms with Crippen molar-refractivity contribution >= 4 is 71.4 Å². The second-order valence-corrected chi connectivity index (χ2v) is 40.9. The van der Waals surface area contributed by atoms with Crippen LogP contribution in [0.2, 0.25) is 0 Å². The Morgan fingerprint density at radius 2 is 0.514 bits per heavy atom. The van der Waals surface area contributed by atoms with E-state index in [-0.39, 0.29) is 90.9 Å². The molecule has 10 saturated heterocycles. The van der Waals surface area contributed by atoms with E-state index in [2.05, 4.69) is 185 Å². The van der Waals surface area contributed by atoms with Gasteiger partial charge in [0.1, 0.15) is 22.2 Å². The predicted molar refractivity (Wildman–Crippen MR) is 553 cm³/mol. The normalized spacial score (nSPS) is 24.9. The van der Waals surface area contributed by atoms with Crippen molar-refractivity contribution in [1.29, 1.82) is 0 Å². The number of hydrogen-bond acceptors (Lipinski definition) is 16. The van der Waals surface area contributed by atoms with Crippen molar-refractivity contribution in [3.63, 3.8) is 0 Å². The fourth-order valence-corrected chi connectivity index (χ4v) is 23.3. The van der Waals surface area contributed by atoms with Gasteiger partial charge in [-0.3, -0.25) is 59.6 Å². The molecule has 756 valence electrons. The quantitative estimate of drug-likeness (QED) is 0.0316. The van der Waals surface area contributed by atoms with E-state index in [0.29, 0.717) is 128 Å². The molecule has 0 bridgehead atoms. The summed E-state index contributed by atoms with van der Waals surface area (Å²) in [4.78, 5) is 160. The average Bonchev–Trinajstić information content (AvgIpc) is 1.60. The number of likely N-dealkylation sites (tertiary alicyclic amines) is 4. The van der Waals surface area contributed by atoms with E-state index < -0.39 is 64.2 Å². The lowest BCUT2D eigenvalue weighted by molar-refractivity contribution is -0.139. The number of piperidine rings is 6. The Hall–Kier alpha value is -14.5. The Morgan fingerprint density at radius 1 is 0.260 bits per heavy atom. The molecule has 10 heterocycles. The molecule has 20 rings (SSSR count). The van der Waals surface area contributed by atoms with E-state index >= 15 is 0 Å². The molecule has 7 atom stereocenters. The van der Waals surface area contributed by atoms with Crippen LogP contribution in [-0.2, 0) is 38.4 Å². The number of carbonyl (C=O) groups is 12. The molecule has 7 unspecified atom stereocenters. The summed E-state index contributed by atoms with van der Waals surface area (Å²) in [5.74, 6) is 24.6. The van der Waals surface area contributed by atoms with E-state index in [1.54, 1.807) is 0 Å². The first-order valence-corrected chi connectivity index (χ1v) is 52.0. The van der Waals surface area contributed by atoms with Gasteiger partial charge in [-0.25, -0.2) is 19.2 Å². The van der Waals surface area contributed by atoms with E-state index in [4.69, 9.17) is 0 Å². The lowest BCUT2D eigenvalue weighted by atomic mass is 9.71. The molecule has 8 aromatic carbocycles. The smallest absolute Gasteiger partial charge is 0.322 e. The van der Waals surface area contributed by atoms with Gasteiger partial charge >= 0.3 is 24.1 Å². The number of aliphatic hydroxyl groups is 2. The number of amides is 16. The lowest BCUT2D eigenvalue weighted by Gasteiger charge is -2.40. The zero-order valence-corrected chi connectivity index (χ0v) is 82.6. The number of aliphatic hydroxyl groups excluding tert-OH is 2. The van der Waals surface area contributed by atoms with E-state index in [9.17, 15) is 67.7 Å². The SMILES string of the molecule is O=C1NC(=O)C(CC(=O)N2CCC(c3ccc(C#Cc4ccccc4)cc3)CC2)(C2CCC(O)CC2)N1.O=C1NC(=O)C(CC(=O)N2CCC(c3ccc(C#Cc4ccccc4)cc3)CC2)(C2CCCC(O)C2)N1.O=C1NC(=O)C(CC(=O)N2CCC(c3ccc(C#Cc4ccccc4)cc3)CC2)(C2CCCNC2)N1.O=C1NC(=O)C(CC(=O)N2CCC(c3ccc(C#Cc4ccccc4)cc3)CC2)(C2CCNCC2)N1. The summed E-state index contributed by atoms with van der Waals surface area (Å²) in [5.41, 5.74) is 8.09. The van der Waals surface area contributed by atoms with Gasteiger partial charge in [-0.1, -0.05) is 175 Å². The van der Waals surface area contributed by atoms with Crippen molar-refractivity contribution in [1.82, 2.24) is 72.8 Å². The summed E-state index contributed by atoms with van der Waals surface area (Å²) in [6.07, 6.45) is 14.1. The van der Waals surface area contributed by atoms with Gasteiger partial charge in [0.25, 0.3) is 23.6 Å². The number of nitrogens with zero attached hydrogens (tertiary/aromatic N) is 4. The van der Waals surface area contributed by atoms with Crippen LogP contribution in [0.3, 0.4) is 0 Å². The van der Waals surface area contributed by atoms with Gasteiger partial charge in [0, 0.05) is 109 Å². The maximum absolute atomic E-state index is 13.3. The second kappa shape index (κ2) is 48.0. The first-order valence-electron chi connectivity index (χ1n) is 52.0. The van der Waals surface area contributed by atoms with Gasteiger partial charge in [0.2, 0.25) is 23.6 Å². The average molecular weight is 1970 g/mol. The van der Waals surface area contributed by atoms with E-state index in [0.717, 1.165) is 148 Å². The Morgan fingerprint density at radius 3 is 0.767 bits per heavy atom. The molecule has 10 aliphatic heterocycles. The second-order valence-electron chi connectivity index (χ2n) is 40.9. The maximum atomic E-state index is 13.3. The van der Waals surface area contributed by atoms with Crippen LogP contribution in [0.1, 0.15) is 245 Å². The minimum Gasteiger partial charge on any atom is -0.393 e. The number of benzene rings is 8. The summed E-state index contributed by atoms with van der Waals surface area (Å²) in [6, 6.07) is 71.1. The molecule has 0 aromatic heterocycles. The maximum Gasteiger partial charge on any atom is 0.322 e. The van der Waals surface area contributed by atoms with Crippen molar-refractivity contribution in [2.24, 2.45) is 23.7 Å². The molecule has 0 spiro atoms. The van der Waals surface area contributed by atoms with Crippen LogP contribution in [0.5, 0.6) is 0 Å². The van der Waals surface area contributed by atoms with Gasteiger partial charge in [0.05, 0.1) is 37.9 Å². The zero-order valence-electron chi connectivity index (χ0n) is 82.6. The third-order valence-corrected chi connectivity index (χ3v) is 31.8. The zero-order chi connectivity index (χ0) is 102. The highest BCUT2D eigenvalue weighted by Crippen LogP contribution is 2.43. The van der Waals surface area contributed by atoms with Gasteiger partial charge < -0.3 is 61.7 Å². The number of imide groups is 4. The molecule has 12 N–H and O–H groups in total. The Kier molecular flexibility index (Phi) is 33.8. The number of urea groups is 4. The molecule has 8 aromatic rings. The molecule has 2 saturated carbocycles. The highest BCUT2D eigenvalue weighted by Gasteiger charge is 2.58. The molecular weight excluding hydrogens is 1840 g/mol. The molecular formula is C118H130N14O14. The predicted octanol–water partition coefficient (Wildman–Crippen LogP) is 12.1. The third kappa shape index (κ3) is 25.5. The molecule has 0 radical (unpaired) electrons. The Bertz CT molecular complexity index is 6090. The van der Waals surface area contributed by atoms with Gasteiger partial charge in [0.15, 0.2) is 0 Å². The molecule has 16 amide bonds. The van der Waals surface area contributed by atoms with Crippen LogP contribution in [0.4, 0.5) is 19.2 Å². The van der Waals surface area contributed by atoms with Gasteiger partial charge in [-0.05, 0) is 302 Å². The van der Waals surface area contributed by atoms with Crippen LogP contribution in [0, 0.1) is 71.0 Å². The largest absolute Gasteiger partial charge is 0.393 e. The van der Waals surface area contributed by atoms with Crippen LogP contribution >= 0.6 is 0 Å². The summed E-state index contributed by atoms with van der Waals surface area (Å²) in [6.45, 7) is 8.13. The fraction of sp³-hybridized carbons (Fsp3) is 0.424. The molecule has 2 aliphatic carbocycles.